The highest BCUT2D eigenvalue weighted by Gasteiger charge is 2.61. The summed E-state index contributed by atoms with van der Waals surface area (Å²) in [6.45, 7) is 1.85. The van der Waals surface area contributed by atoms with E-state index in [1.807, 2.05) is 36.6 Å². The predicted molar refractivity (Wildman–Crippen MR) is 162 cm³/mol. The molecule has 3 unspecified atom stereocenters. The van der Waals surface area contributed by atoms with E-state index in [1.165, 1.54) is 20.3 Å². The number of ketones is 2. The van der Waals surface area contributed by atoms with Gasteiger partial charge in [-0.05, 0) is 36.1 Å². The number of thioether (sulfide) groups is 1. The number of pyridine rings is 1. The molecule has 0 fully saturated rings. The summed E-state index contributed by atoms with van der Waals surface area (Å²) in [5.41, 5.74) is -0.646. The molecule has 1 aromatic heterocycles. The molecule has 2 N–H and O–H groups in total. The number of carbonyl (C=O) groups is 3. The number of carbonyl (C=O) groups excluding carboxylic acids is 3. The predicted octanol–water partition coefficient (Wildman–Crippen LogP) is 5.70. The fraction of sp³-hybridized carbons (Fsp3) is 0.312. The lowest BCUT2D eigenvalue weighted by atomic mass is 9.69. The van der Waals surface area contributed by atoms with E-state index in [1.54, 1.807) is 37.0 Å². The van der Waals surface area contributed by atoms with Crippen molar-refractivity contribution in [1.29, 1.82) is 0 Å². The minimum atomic E-state index is -1.95. The molecule has 3 aromatic rings. The van der Waals surface area contributed by atoms with Gasteiger partial charge in [0.05, 0.1) is 26.5 Å². The Balaban J connectivity index is 1.60. The summed E-state index contributed by atoms with van der Waals surface area (Å²) in [5, 5.41) is 14.9. The number of allylic oxidation sites excluding steroid dienone is 1. The van der Waals surface area contributed by atoms with Crippen LogP contribution in [0, 0.1) is 5.92 Å². The van der Waals surface area contributed by atoms with Gasteiger partial charge in [-0.25, -0.2) is 0 Å². The molecule has 1 spiro atoms. The van der Waals surface area contributed by atoms with Gasteiger partial charge >= 0.3 is 0 Å². The SMILES string of the molecule is COc1cc(OC)c2c(c1Cl)OC1(C2=O)C(O)=C(C(CC(=O)NCc2ccccn2)c2ccc(SC)cc2)C(=O)CC1C. The number of nitrogens with one attached hydrogen (secondary N) is 1. The molecule has 224 valence electrons. The van der Waals surface area contributed by atoms with Crippen molar-refractivity contribution in [2.45, 2.75) is 42.7 Å². The number of ether oxygens (including phenoxy) is 3. The number of fused-ring (bicyclic) bond motifs is 1. The molecule has 9 nitrogen and oxygen atoms in total. The summed E-state index contributed by atoms with van der Waals surface area (Å²) in [6.07, 6.45) is 3.30. The number of amides is 1. The smallest absolute Gasteiger partial charge is 0.231 e. The van der Waals surface area contributed by atoms with E-state index in [2.05, 4.69) is 10.3 Å². The van der Waals surface area contributed by atoms with Gasteiger partial charge in [0, 0.05) is 47.4 Å². The molecule has 1 aliphatic carbocycles. The number of aromatic nitrogens is 1. The number of hydrogen-bond donors (Lipinski definition) is 2. The first-order valence-corrected chi connectivity index (χ1v) is 15.2. The van der Waals surface area contributed by atoms with Crippen molar-refractivity contribution < 1.29 is 33.7 Å². The summed E-state index contributed by atoms with van der Waals surface area (Å²) in [4.78, 5) is 46.4. The van der Waals surface area contributed by atoms with Crippen LogP contribution < -0.4 is 19.5 Å². The maximum absolute atomic E-state index is 14.2. The third-order valence-corrected chi connectivity index (χ3v) is 9.06. The molecule has 1 amide bonds. The van der Waals surface area contributed by atoms with Gasteiger partial charge in [0.15, 0.2) is 17.3 Å². The second-order valence-electron chi connectivity index (χ2n) is 10.4. The summed E-state index contributed by atoms with van der Waals surface area (Å²) >= 11 is 8.12. The monoisotopic (exact) mass is 622 g/mol. The van der Waals surface area contributed by atoms with Gasteiger partial charge in [-0.3, -0.25) is 19.4 Å². The first-order valence-electron chi connectivity index (χ1n) is 13.6. The van der Waals surface area contributed by atoms with Crippen molar-refractivity contribution >= 4 is 40.8 Å². The maximum Gasteiger partial charge on any atom is 0.231 e. The molecule has 0 saturated heterocycles. The third-order valence-electron chi connectivity index (χ3n) is 7.96. The van der Waals surface area contributed by atoms with E-state index in [0.29, 0.717) is 11.3 Å². The number of nitrogens with zero attached hydrogens (tertiary/aromatic N) is 1. The Morgan fingerprint density at radius 3 is 2.53 bits per heavy atom. The van der Waals surface area contributed by atoms with Gasteiger partial charge in [0.2, 0.25) is 17.3 Å². The Bertz CT molecular complexity index is 1610. The minimum absolute atomic E-state index is 0.00365. The van der Waals surface area contributed by atoms with Crippen LogP contribution in [0.1, 0.15) is 47.3 Å². The first-order chi connectivity index (χ1) is 20.7. The Morgan fingerprint density at radius 1 is 1.19 bits per heavy atom. The number of rotatable bonds is 9. The maximum atomic E-state index is 14.2. The molecule has 5 rings (SSSR count). The minimum Gasteiger partial charge on any atom is -0.507 e. The topological polar surface area (TPSA) is 124 Å². The van der Waals surface area contributed by atoms with E-state index in [4.69, 9.17) is 25.8 Å². The van der Waals surface area contributed by atoms with Crippen LogP contribution in [0.25, 0.3) is 0 Å². The van der Waals surface area contributed by atoms with Crippen LogP contribution in [0.5, 0.6) is 17.2 Å². The summed E-state index contributed by atoms with van der Waals surface area (Å²) in [7, 11) is 2.82. The standard InChI is InChI=1S/C32H31ClN2O7S/c1-17-13-22(36)26(30(38)32(17)31(39)27-23(40-2)15-24(41-3)28(33)29(27)42-32)21(18-8-10-20(43-4)11-9-18)14-25(37)35-16-19-7-5-6-12-34-19/h5-12,15,17,21,38H,13-14,16H2,1-4H3,(H,35,37). The zero-order valence-electron chi connectivity index (χ0n) is 24.1. The van der Waals surface area contributed by atoms with E-state index >= 15 is 0 Å². The molecule has 0 radical (unpaired) electrons. The van der Waals surface area contributed by atoms with E-state index < -0.39 is 29.0 Å². The van der Waals surface area contributed by atoms with Crippen LogP contribution >= 0.6 is 23.4 Å². The number of benzene rings is 2. The Labute approximate surface area is 258 Å². The molecule has 2 aromatic carbocycles. The van der Waals surface area contributed by atoms with Gasteiger partial charge in [0.1, 0.15) is 22.1 Å². The average Bonchev–Trinajstić information content (AvgIpc) is 3.34. The van der Waals surface area contributed by atoms with Crippen LogP contribution in [0.2, 0.25) is 5.02 Å². The molecule has 2 heterocycles. The lowest BCUT2D eigenvalue weighted by Crippen LogP contribution is -2.53. The van der Waals surface area contributed by atoms with Crippen molar-refractivity contribution in [1.82, 2.24) is 10.3 Å². The van der Waals surface area contributed by atoms with Crippen LogP contribution in [0.15, 0.2) is 71.0 Å². The van der Waals surface area contributed by atoms with Crippen LogP contribution in [-0.2, 0) is 16.1 Å². The summed E-state index contributed by atoms with van der Waals surface area (Å²) in [6, 6.07) is 14.3. The number of aliphatic hydroxyl groups excluding tert-OH is 1. The summed E-state index contributed by atoms with van der Waals surface area (Å²) in [5.74, 6) is -3.10. The normalized spacial score (nSPS) is 20.1. The van der Waals surface area contributed by atoms with E-state index in [0.717, 1.165) is 4.90 Å². The molecule has 0 saturated carbocycles. The zero-order valence-corrected chi connectivity index (χ0v) is 25.7. The Morgan fingerprint density at radius 2 is 1.91 bits per heavy atom. The molecule has 3 atom stereocenters. The Kier molecular flexibility index (Phi) is 8.71. The van der Waals surface area contributed by atoms with Crippen molar-refractivity contribution in [3.05, 3.63) is 87.9 Å². The second kappa shape index (κ2) is 12.3. The molecule has 11 heteroatoms. The molecule has 2 aliphatic rings. The highest BCUT2D eigenvalue weighted by atomic mass is 35.5. The molecule has 1 aliphatic heterocycles. The van der Waals surface area contributed by atoms with Gasteiger partial charge in [-0.1, -0.05) is 36.7 Å². The van der Waals surface area contributed by atoms with Gasteiger partial charge < -0.3 is 24.6 Å². The number of Topliss-reactive ketones (excluding diaryl/α,β-unsaturated/α-hetero) is 2. The van der Waals surface area contributed by atoms with Crippen molar-refractivity contribution in [2.75, 3.05) is 20.5 Å². The van der Waals surface area contributed by atoms with Crippen molar-refractivity contribution in [2.24, 2.45) is 5.92 Å². The largest absolute Gasteiger partial charge is 0.507 e. The quantitative estimate of drug-likeness (QED) is 0.289. The summed E-state index contributed by atoms with van der Waals surface area (Å²) < 4.78 is 17.1. The third kappa shape index (κ3) is 5.34. The number of methoxy groups -OCH3 is 2. The number of halogens is 1. The van der Waals surface area contributed by atoms with Crippen molar-refractivity contribution in [3.63, 3.8) is 0 Å². The second-order valence-corrected chi connectivity index (χ2v) is 11.6. The lowest BCUT2D eigenvalue weighted by molar-refractivity contribution is -0.122. The molecule has 0 bridgehead atoms. The highest BCUT2D eigenvalue weighted by molar-refractivity contribution is 7.98. The van der Waals surface area contributed by atoms with Crippen LogP contribution in [0.3, 0.4) is 0 Å². The van der Waals surface area contributed by atoms with Crippen LogP contribution in [0.4, 0.5) is 0 Å². The van der Waals surface area contributed by atoms with Gasteiger partial charge in [-0.2, -0.15) is 0 Å². The molecular weight excluding hydrogens is 592 g/mol. The van der Waals surface area contributed by atoms with Crippen molar-refractivity contribution in [3.8, 4) is 17.2 Å². The average molecular weight is 623 g/mol. The molecule has 43 heavy (non-hydrogen) atoms. The van der Waals surface area contributed by atoms with E-state index in [9.17, 15) is 19.5 Å². The first kappa shape index (κ1) is 30.4. The number of aliphatic hydroxyl groups is 1. The fourth-order valence-corrected chi connectivity index (χ4v) is 6.38. The van der Waals surface area contributed by atoms with E-state index in [-0.39, 0.29) is 64.5 Å². The lowest BCUT2D eigenvalue weighted by Gasteiger charge is -2.38. The number of hydrogen-bond acceptors (Lipinski definition) is 9. The Hall–Kier alpha value is -4.02. The fourth-order valence-electron chi connectivity index (χ4n) is 5.71. The van der Waals surface area contributed by atoms with Gasteiger partial charge in [0.25, 0.3) is 0 Å². The van der Waals surface area contributed by atoms with Gasteiger partial charge in [-0.15, -0.1) is 11.8 Å². The highest BCUT2D eigenvalue weighted by Crippen LogP contribution is 2.55. The van der Waals surface area contributed by atoms with Crippen LogP contribution in [-0.4, -0.2) is 53.6 Å². The molecular formula is C32H31ClN2O7S. The zero-order chi connectivity index (χ0) is 30.9.